The van der Waals surface area contributed by atoms with Gasteiger partial charge in [-0.15, -0.1) is 12.4 Å². The van der Waals surface area contributed by atoms with Crippen molar-refractivity contribution in [3.63, 3.8) is 0 Å². The van der Waals surface area contributed by atoms with Crippen LogP contribution in [0.25, 0.3) is 0 Å². The maximum Gasteiger partial charge on any atom is 0.240 e. The molecule has 1 aliphatic heterocycles. The minimum absolute atomic E-state index is 0. The number of rotatable bonds is 5. The number of carbonyl (C=O) groups is 1. The van der Waals surface area contributed by atoms with E-state index in [1.165, 1.54) is 5.56 Å². The zero-order chi connectivity index (χ0) is 12.1. The van der Waals surface area contributed by atoms with Gasteiger partial charge in [-0.1, -0.05) is 6.92 Å². The van der Waals surface area contributed by atoms with E-state index in [0.717, 1.165) is 38.8 Å². The predicted octanol–water partition coefficient (Wildman–Crippen LogP) is 2.36. The second-order valence-electron chi connectivity index (χ2n) is 4.60. The SMILES string of the molecule is CCC1(C(=O)NCCc2ccsc2)CCCN1.Cl. The van der Waals surface area contributed by atoms with Gasteiger partial charge in [-0.05, 0) is 54.6 Å². The lowest BCUT2D eigenvalue weighted by Crippen LogP contribution is -2.53. The molecule has 2 rings (SSSR count). The van der Waals surface area contributed by atoms with Gasteiger partial charge in [0.2, 0.25) is 5.91 Å². The maximum atomic E-state index is 12.2. The van der Waals surface area contributed by atoms with Crippen molar-refractivity contribution in [2.75, 3.05) is 13.1 Å². The van der Waals surface area contributed by atoms with E-state index in [-0.39, 0.29) is 23.9 Å². The molecular weight excluding hydrogens is 268 g/mol. The van der Waals surface area contributed by atoms with E-state index in [1.54, 1.807) is 11.3 Å². The van der Waals surface area contributed by atoms with Crippen LogP contribution in [0.15, 0.2) is 16.8 Å². The van der Waals surface area contributed by atoms with Crippen molar-refractivity contribution in [1.82, 2.24) is 10.6 Å². The van der Waals surface area contributed by atoms with Crippen molar-refractivity contribution < 1.29 is 4.79 Å². The molecule has 2 heterocycles. The van der Waals surface area contributed by atoms with Crippen LogP contribution in [-0.2, 0) is 11.2 Å². The molecule has 0 saturated carbocycles. The van der Waals surface area contributed by atoms with E-state index in [2.05, 4.69) is 34.4 Å². The first-order valence-electron chi connectivity index (χ1n) is 6.31. The van der Waals surface area contributed by atoms with Gasteiger partial charge in [0.05, 0.1) is 5.54 Å². The molecule has 102 valence electrons. The number of carbonyl (C=O) groups excluding carboxylic acids is 1. The monoisotopic (exact) mass is 288 g/mol. The van der Waals surface area contributed by atoms with Gasteiger partial charge in [0.15, 0.2) is 0 Å². The molecule has 5 heteroatoms. The van der Waals surface area contributed by atoms with Crippen LogP contribution >= 0.6 is 23.7 Å². The van der Waals surface area contributed by atoms with Crippen molar-refractivity contribution in [2.24, 2.45) is 0 Å². The van der Waals surface area contributed by atoms with Gasteiger partial charge >= 0.3 is 0 Å². The molecule has 1 amide bonds. The first-order chi connectivity index (χ1) is 8.27. The summed E-state index contributed by atoms with van der Waals surface area (Å²) in [7, 11) is 0. The highest BCUT2D eigenvalue weighted by molar-refractivity contribution is 7.07. The molecule has 0 aromatic carbocycles. The fraction of sp³-hybridized carbons (Fsp3) is 0.615. The lowest BCUT2D eigenvalue weighted by Gasteiger charge is -2.26. The van der Waals surface area contributed by atoms with Crippen molar-refractivity contribution in [1.29, 1.82) is 0 Å². The second-order valence-corrected chi connectivity index (χ2v) is 5.38. The number of halogens is 1. The summed E-state index contributed by atoms with van der Waals surface area (Å²) in [5.41, 5.74) is 1.01. The Kier molecular flexibility index (Phi) is 6.12. The van der Waals surface area contributed by atoms with Gasteiger partial charge in [-0.25, -0.2) is 0 Å². The predicted molar refractivity (Wildman–Crippen MR) is 78.5 cm³/mol. The van der Waals surface area contributed by atoms with E-state index < -0.39 is 0 Å². The lowest BCUT2D eigenvalue weighted by atomic mass is 9.93. The summed E-state index contributed by atoms with van der Waals surface area (Å²) in [4.78, 5) is 12.2. The molecule has 1 aromatic heterocycles. The lowest BCUT2D eigenvalue weighted by molar-refractivity contribution is -0.127. The van der Waals surface area contributed by atoms with Crippen molar-refractivity contribution >= 4 is 29.7 Å². The summed E-state index contributed by atoms with van der Waals surface area (Å²) >= 11 is 1.70. The molecule has 0 spiro atoms. The van der Waals surface area contributed by atoms with Gasteiger partial charge < -0.3 is 10.6 Å². The smallest absolute Gasteiger partial charge is 0.240 e. The van der Waals surface area contributed by atoms with Gasteiger partial charge in [-0.3, -0.25) is 4.79 Å². The van der Waals surface area contributed by atoms with Crippen molar-refractivity contribution in [3.05, 3.63) is 22.4 Å². The van der Waals surface area contributed by atoms with Crippen LogP contribution in [-0.4, -0.2) is 24.5 Å². The Balaban J connectivity index is 0.00000162. The minimum atomic E-state index is -0.297. The molecule has 1 atom stereocenters. The number of hydrogen-bond acceptors (Lipinski definition) is 3. The Morgan fingerprint density at radius 1 is 1.61 bits per heavy atom. The molecule has 1 unspecified atom stereocenters. The molecule has 1 fully saturated rings. The van der Waals surface area contributed by atoms with E-state index in [0.29, 0.717) is 0 Å². The second kappa shape index (κ2) is 7.12. The first kappa shape index (κ1) is 15.5. The average Bonchev–Trinajstić information content (AvgIpc) is 3.00. The summed E-state index contributed by atoms with van der Waals surface area (Å²) in [6.07, 6.45) is 3.87. The molecular formula is C13H21ClN2OS. The number of hydrogen-bond donors (Lipinski definition) is 2. The molecule has 1 aromatic rings. The zero-order valence-electron chi connectivity index (χ0n) is 10.7. The van der Waals surface area contributed by atoms with Crippen LogP contribution in [0.1, 0.15) is 31.7 Å². The van der Waals surface area contributed by atoms with E-state index in [4.69, 9.17) is 0 Å². The number of nitrogens with one attached hydrogen (secondary N) is 2. The molecule has 18 heavy (non-hydrogen) atoms. The van der Waals surface area contributed by atoms with Gasteiger partial charge in [0, 0.05) is 6.54 Å². The maximum absolute atomic E-state index is 12.2. The third kappa shape index (κ3) is 3.46. The van der Waals surface area contributed by atoms with Crippen molar-refractivity contribution in [2.45, 2.75) is 38.1 Å². The van der Waals surface area contributed by atoms with Gasteiger partial charge in [0.1, 0.15) is 0 Å². The Labute approximate surface area is 119 Å². The van der Waals surface area contributed by atoms with Gasteiger partial charge in [-0.2, -0.15) is 11.3 Å². The summed E-state index contributed by atoms with van der Waals surface area (Å²) in [5, 5.41) is 10.6. The van der Waals surface area contributed by atoms with Crippen molar-refractivity contribution in [3.8, 4) is 0 Å². The van der Waals surface area contributed by atoms with Crippen LogP contribution in [0.5, 0.6) is 0 Å². The average molecular weight is 289 g/mol. The van der Waals surface area contributed by atoms with Crippen LogP contribution in [0.4, 0.5) is 0 Å². The summed E-state index contributed by atoms with van der Waals surface area (Å²) < 4.78 is 0. The first-order valence-corrected chi connectivity index (χ1v) is 7.25. The molecule has 2 N–H and O–H groups in total. The van der Waals surface area contributed by atoms with Crippen LogP contribution in [0.3, 0.4) is 0 Å². The normalized spacial score (nSPS) is 22.5. The largest absolute Gasteiger partial charge is 0.354 e. The topological polar surface area (TPSA) is 41.1 Å². The fourth-order valence-electron chi connectivity index (χ4n) is 2.39. The highest BCUT2D eigenvalue weighted by atomic mass is 35.5. The highest BCUT2D eigenvalue weighted by Gasteiger charge is 2.38. The zero-order valence-corrected chi connectivity index (χ0v) is 12.3. The third-order valence-electron chi connectivity index (χ3n) is 3.56. The molecule has 3 nitrogen and oxygen atoms in total. The standard InChI is InChI=1S/C13H20N2OS.ClH/c1-2-13(6-3-7-15-13)12(16)14-8-4-11-5-9-17-10-11;/h5,9-10,15H,2-4,6-8H2,1H3,(H,14,16);1H. The molecule has 1 aliphatic rings. The highest BCUT2D eigenvalue weighted by Crippen LogP contribution is 2.22. The quantitative estimate of drug-likeness (QED) is 0.873. The van der Waals surface area contributed by atoms with E-state index in [1.807, 2.05) is 0 Å². The molecule has 0 bridgehead atoms. The Morgan fingerprint density at radius 3 is 3.00 bits per heavy atom. The molecule has 1 saturated heterocycles. The molecule has 0 aliphatic carbocycles. The summed E-state index contributed by atoms with van der Waals surface area (Å²) in [6.45, 7) is 3.78. The third-order valence-corrected chi connectivity index (χ3v) is 4.29. The van der Waals surface area contributed by atoms with Crippen LogP contribution in [0, 0.1) is 0 Å². The Bertz CT molecular complexity index is 361. The van der Waals surface area contributed by atoms with Crippen LogP contribution in [0.2, 0.25) is 0 Å². The fourth-order valence-corrected chi connectivity index (χ4v) is 3.09. The van der Waals surface area contributed by atoms with Gasteiger partial charge in [0.25, 0.3) is 0 Å². The van der Waals surface area contributed by atoms with Crippen LogP contribution < -0.4 is 10.6 Å². The Morgan fingerprint density at radius 2 is 2.44 bits per heavy atom. The summed E-state index contributed by atoms with van der Waals surface area (Å²) in [6, 6.07) is 2.11. The van der Waals surface area contributed by atoms with E-state index >= 15 is 0 Å². The Hall–Kier alpha value is -0.580. The number of amides is 1. The molecule has 0 radical (unpaired) electrons. The van der Waals surface area contributed by atoms with E-state index in [9.17, 15) is 4.79 Å². The number of thiophene rings is 1. The minimum Gasteiger partial charge on any atom is -0.354 e. The summed E-state index contributed by atoms with van der Waals surface area (Å²) in [5.74, 6) is 0.174.